The van der Waals surface area contributed by atoms with E-state index in [0.717, 1.165) is 10.5 Å². The van der Waals surface area contributed by atoms with Crippen molar-refractivity contribution in [2.24, 2.45) is 0 Å². The predicted octanol–water partition coefficient (Wildman–Crippen LogP) is -1.06. The van der Waals surface area contributed by atoms with E-state index in [1.54, 1.807) is 24.3 Å². The van der Waals surface area contributed by atoms with Gasteiger partial charge >= 0.3 is 0 Å². The van der Waals surface area contributed by atoms with E-state index < -0.39 is 12.0 Å². The van der Waals surface area contributed by atoms with Gasteiger partial charge in [0.2, 0.25) is 5.91 Å². The van der Waals surface area contributed by atoms with Crippen molar-refractivity contribution in [2.45, 2.75) is 6.54 Å². The molecule has 0 atom stereocenters. The average molecular weight is 251 g/mol. The van der Waals surface area contributed by atoms with Crippen LogP contribution in [0, 0.1) is 0 Å². The fourth-order valence-corrected chi connectivity index (χ4v) is 1.41. The summed E-state index contributed by atoms with van der Waals surface area (Å²) in [5.41, 5.74) is 0.775. The highest BCUT2D eigenvalue weighted by Crippen LogP contribution is 2.03. The molecule has 0 heterocycles. The first-order valence-corrected chi connectivity index (χ1v) is 5.51. The van der Waals surface area contributed by atoms with Gasteiger partial charge in [0.15, 0.2) is 0 Å². The zero-order chi connectivity index (χ0) is 13.4. The highest BCUT2D eigenvalue weighted by atomic mass is 16.4. The molecule has 6 nitrogen and oxygen atoms in total. The zero-order valence-electron chi connectivity index (χ0n) is 9.83. The van der Waals surface area contributed by atoms with Crippen LogP contribution in [-0.4, -0.2) is 41.7 Å². The first kappa shape index (κ1) is 14.0. The third-order valence-corrected chi connectivity index (χ3v) is 2.24. The normalized spacial score (nSPS) is 9.83. The first-order valence-electron chi connectivity index (χ1n) is 5.51. The number of nitrogens with zero attached hydrogens (tertiary/aromatic N) is 1. The number of carbonyl (C=O) groups excluding carboxylic acids is 2. The molecule has 0 saturated carbocycles. The molecule has 0 spiro atoms. The molecule has 0 saturated heterocycles. The van der Waals surface area contributed by atoms with Crippen LogP contribution >= 0.6 is 0 Å². The summed E-state index contributed by atoms with van der Waals surface area (Å²) < 4.78 is 0. The second-order valence-corrected chi connectivity index (χ2v) is 3.68. The van der Waals surface area contributed by atoms with Gasteiger partial charge in [0, 0.05) is 13.1 Å². The van der Waals surface area contributed by atoms with Crippen LogP contribution in [0.2, 0.25) is 0 Å². The largest absolute Gasteiger partial charge is 0.530 e. The van der Waals surface area contributed by atoms with Gasteiger partial charge in [0.1, 0.15) is 6.09 Å². The van der Waals surface area contributed by atoms with Gasteiger partial charge in [-0.15, -0.1) is 0 Å². The van der Waals surface area contributed by atoms with Crippen molar-refractivity contribution in [2.75, 3.05) is 19.7 Å². The summed E-state index contributed by atoms with van der Waals surface area (Å²) >= 11 is 0. The van der Waals surface area contributed by atoms with Crippen LogP contribution in [0.5, 0.6) is 0 Å². The van der Waals surface area contributed by atoms with Gasteiger partial charge in [-0.2, -0.15) is 0 Å². The van der Waals surface area contributed by atoms with Crippen molar-refractivity contribution < 1.29 is 19.8 Å². The Morgan fingerprint density at radius 1 is 1.28 bits per heavy atom. The number of hydrogen-bond donors (Lipinski definition) is 2. The average Bonchev–Trinajstić information content (AvgIpc) is 2.36. The van der Waals surface area contributed by atoms with E-state index in [-0.39, 0.29) is 26.2 Å². The van der Waals surface area contributed by atoms with Crippen molar-refractivity contribution >= 4 is 12.0 Å². The number of carbonyl (C=O) groups is 2. The molecule has 0 aliphatic heterocycles. The monoisotopic (exact) mass is 251 g/mol. The highest BCUT2D eigenvalue weighted by molar-refractivity contribution is 5.81. The molecule has 1 aromatic carbocycles. The minimum atomic E-state index is -1.40. The second kappa shape index (κ2) is 7.29. The number of hydrogen-bond acceptors (Lipinski definition) is 4. The molecule has 2 amide bonds. The van der Waals surface area contributed by atoms with Crippen molar-refractivity contribution in [1.29, 1.82) is 0 Å². The molecule has 1 rings (SSSR count). The second-order valence-electron chi connectivity index (χ2n) is 3.68. The summed E-state index contributed by atoms with van der Waals surface area (Å²) in [5.74, 6) is -0.468. The zero-order valence-corrected chi connectivity index (χ0v) is 9.83. The smallest absolute Gasteiger partial charge is 0.239 e. The van der Waals surface area contributed by atoms with Gasteiger partial charge in [-0.3, -0.25) is 4.79 Å². The van der Waals surface area contributed by atoms with E-state index in [9.17, 15) is 14.7 Å². The first-order chi connectivity index (χ1) is 8.63. The van der Waals surface area contributed by atoms with Gasteiger partial charge in [0.05, 0.1) is 13.2 Å². The molecule has 98 valence electrons. The molecule has 2 N–H and O–H groups in total. The van der Waals surface area contributed by atoms with Crippen LogP contribution in [0.15, 0.2) is 30.3 Å². The molecule has 1 aromatic rings. The number of rotatable bonds is 6. The standard InChI is InChI=1S/C12H16N2O4/c15-7-6-13-11(16)9-14(12(17)18)8-10-4-2-1-3-5-10/h1-5,15H,6-9H2,(H,13,16)(H,17,18)/p-1. The maximum absolute atomic E-state index is 11.4. The number of benzene rings is 1. The lowest BCUT2D eigenvalue weighted by atomic mass is 10.2. The van der Waals surface area contributed by atoms with Gasteiger partial charge < -0.3 is 25.2 Å². The van der Waals surface area contributed by atoms with E-state index >= 15 is 0 Å². The summed E-state index contributed by atoms with van der Waals surface area (Å²) in [6.45, 7) is -0.298. The van der Waals surface area contributed by atoms with Gasteiger partial charge in [-0.1, -0.05) is 30.3 Å². The van der Waals surface area contributed by atoms with Gasteiger partial charge in [-0.25, -0.2) is 0 Å². The number of nitrogens with one attached hydrogen (secondary N) is 1. The van der Waals surface area contributed by atoms with Crippen molar-refractivity contribution in [3.63, 3.8) is 0 Å². The Kier molecular flexibility index (Phi) is 5.66. The molecule has 0 aromatic heterocycles. The molecular weight excluding hydrogens is 236 g/mol. The molecule has 0 aliphatic carbocycles. The third kappa shape index (κ3) is 4.84. The number of aliphatic hydroxyl groups excluding tert-OH is 1. The van der Waals surface area contributed by atoms with E-state index in [2.05, 4.69) is 5.32 Å². The van der Waals surface area contributed by atoms with E-state index in [1.165, 1.54) is 0 Å². The minimum Gasteiger partial charge on any atom is -0.530 e. The fraction of sp³-hybridized carbons (Fsp3) is 0.333. The van der Waals surface area contributed by atoms with Crippen LogP contribution in [0.1, 0.15) is 5.56 Å². The number of amides is 2. The maximum Gasteiger partial charge on any atom is 0.239 e. The van der Waals surface area contributed by atoms with Crippen LogP contribution in [-0.2, 0) is 11.3 Å². The van der Waals surface area contributed by atoms with Crippen LogP contribution in [0.25, 0.3) is 0 Å². The van der Waals surface area contributed by atoms with Crippen molar-refractivity contribution in [3.8, 4) is 0 Å². The Morgan fingerprint density at radius 2 is 1.94 bits per heavy atom. The molecule has 0 aliphatic rings. The van der Waals surface area contributed by atoms with Crippen molar-refractivity contribution in [3.05, 3.63) is 35.9 Å². The van der Waals surface area contributed by atoms with Crippen molar-refractivity contribution in [1.82, 2.24) is 10.2 Å². The quantitative estimate of drug-likeness (QED) is 0.674. The summed E-state index contributed by atoms with van der Waals surface area (Å²) in [4.78, 5) is 23.2. The Balaban J connectivity index is 2.55. The molecule has 0 unspecified atom stereocenters. The minimum absolute atomic E-state index is 0.0930. The fourth-order valence-electron chi connectivity index (χ4n) is 1.41. The van der Waals surface area contributed by atoms with Gasteiger partial charge in [-0.05, 0) is 5.56 Å². The van der Waals surface area contributed by atoms with Crippen LogP contribution in [0.4, 0.5) is 4.79 Å². The molecule has 0 bridgehead atoms. The summed E-state index contributed by atoms with van der Waals surface area (Å²) in [6, 6.07) is 8.92. The van der Waals surface area contributed by atoms with E-state index in [4.69, 9.17) is 5.11 Å². The molecular formula is C12H15N2O4-. The van der Waals surface area contributed by atoms with Gasteiger partial charge in [0.25, 0.3) is 0 Å². The molecule has 18 heavy (non-hydrogen) atoms. The Bertz CT molecular complexity index is 394. The summed E-state index contributed by atoms with van der Waals surface area (Å²) in [6.07, 6.45) is -1.40. The molecule has 0 fully saturated rings. The Hall–Kier alpha value is -2.08. The van der Waals surface area contributed by atoms with E-state index in [0.29, 0.717) is 0 Å². The van der Waals surface area contributed by atoms with Crippen LogP contribution < -0.4 is 10.4 Å². The SMILES string of the molecule is O=C(CN(Cc1ccccc1)C(=O)[O-])NCCO. The highest BCUT2D eigenvalue weighted by Gasteiger charge is 2.10. The predicted molar refractivity (Wildman–Crippen MR) is 62.3 cm³/mol. The lowest BCUT2D eigenvalue weighted by molar-refractivity contribution is -0.266. The van der Waals surface area contributed by atoms with E-state index in [1.807, 2.05) is 6.07 Å². The number of carboxylic acid groups (broad SMARTS) is 1. The summed E-state index contributed by atoms with van der Waals surface area (Å²) in [7, 11) is 0. The lowest BCUT2D eigenvalue weighted by Crippen LogP contribution is -2.46. The number of aliphatic hydroxyl groups is 1. The summed E-state index contributed by atoms with van der Waals surface area (Å²) in [5, 5.41) is 21.8. The Labute approximate surface area is 105 Å². The third-order valence-electron chi connectivity index (χ3n) is 2.24. The maximum atomic E-state index is 11.4. The topological polar surface area (TPSA) is 92.7 Å². The van der Waals surface area contributed by atoms with Crippen LogP contribution in [0.3, 0.4) is 0 Å². The molecule has 0 radical (unpaired) electrons. The molecule has 6 heteroatoms. The Morgan fingerprint density at radius 3 is 2.50 bits per heavy atom. The lowest BCUT2D eigenvalue weighted by Gasteiger charge is -2.24.